The van der Waals surface area contributed by atoms with E-state index in [9.17, 15) is 19.5 Å². The van der Waals surface area contributed by atoms with E-state index in [-0.39, 0.29) is 17.2 Å². The third-order valence-electron chi connectivity index (χ3n) is 5.77. The minimum atomic E-state index is -0.824. The second-order valence-electron chi connectivity index (χ2n) is 8.22. The van der Waals surface area contributed by atoms with Crippen LogP contribution in [-0.4, -0.2) is 29.3 Å². The predicted octanol–water partition coefficient (Wildman–Crippen LogP) is 4.98. The molecule has 2 amide bonds. The standard InChI is InChI=1S/C28H26N2O5/c1-4-35-23-15-10-20(16-17(23)2)26(32)24-25(19-8-6-5-7-9-19)30(28(34)27(24)33)22-13-11-21(12-14-22)29-18(3)31/h5-16,25,32H,4H2,1-3H3,(H,29,31)/b26-24-. The Balaban J connectivity index is 1.84. The Morgan fingerprint density at radius 1 is 1.03 bits per heavy atom. The lowest BCUT2D eigenvalue weighted by Crippen LogP contribution is -2.29. The topological polar surface area (TPSA) is 95.9 Å². The Kier molecular flexibility index (Phi) is 6.68. The molecule has 1 heterocycles. The van der Waals surface area contributed by atoms with Crippen molar-refractivity contribution in [1.82, 2.24) is 0 Å². The number of hydrogen-bond acceptors (Lipinski definition) is 5. The van der Waals surface area contributed by atoms with E-state index in [0.717, 1.165) is 5.56 Å². The van der Waals surface area contributed by atoms with Gasteiger partial charge in [-0.2, -0.15) is 0 Å². The number of aliphatic hydroxyl groups is 1. The van der Waals surface area contributed by atoms with Crippen molar-refractivity contribution in [3.8, 4) is 5.75 Å². The number of rotatable bonds is 6. The summed E-state index contributed by atoms with van der Waals surface area (Å²) in [5.41, 5.74) is 2.95. The second kappa shape index (κ2) is 9.85. The Hall–Kier alpha value is -4.39. The van der Waals surface area contributed by atoms with E-state index in [0.29, 0.717) is 34.9 Å². The SMILES string of the molecule is CCOc1ccc(/C(O)=C2/C(=O)C(=O)N(c3ccc(NC(C)=O)cc3)C2c2ccccc2)cc1C. The molecule has 7 nitrogen and oxygen atoms in total. The molecule has 35 heavy (non-hydrogen) atoms. The number of aliphatic hydroxyl groups excluding tert-OH is 1. The zero-order valence-corrected chi connectivity index (χ0v) is 19.7. The lowest BCUT2D eigenvalue weighted by molar-refractivity contribution is -0.132. The molecule has 3 aromatic rings. The summed E-state index contributed by atoms with van der Waals surface area (Å²) in [6.45, 7) is 5.65. The van der Waals surface area contributed by atoms with Gasteiger partial charge in [0.25, 0.3) is 11.7 Å². The lowest BCUT2D eigenvalue weighted by atomic mass is 9.94. The summed E-state index contributed by atoms with van der Waals surface area (Å²) in [5, 5.41) is 14.0. The molecule has 0 aromatic heterocycles. The van der Waals surface area contributed by atoms with Crippen molar-refractivity contribution < 1.29 is 24.2 Å². The van der Waals surface area contributed by atoms with Crippen LogP contribution in [0.3, 0.4) is 0 Å². The van der Waals surface area contributed by atoms with Crippen LogP contribution in [0.2, 0.25) is 0 Å². The van der Waals surface area contributed by atoms with Crippen LogP contribution >= 0.6 is 0 Å². The van der Waals surface area contributed by atoms with Crippen molar-refractivity contribution in [2.75, 3.05) is 16.8 Å². The van der Waals surface area contributed by atoms with E-state index in [1.165, 1.54) is 11.8 Å². The molecule has 178 valence electrons. The van der Waals surface area contributed by atoms with Gasteiger partial charge in [-0.05, 0) is 67.4 Å². The fourth-order valence-electron chi connectivity index (χ4n) is 4.23. The number of carbonyl (C=O) groups excluding carboxylic acids is 3. The smallest absolute Gasteiger partial charge is 0.300 e. The molecule has 0 bridgehead atoms. The number of anilines is 2. The summed E-state index contributed by atoms with van der Waals surface area (Å²) in [5.74, 6) is -1.29. The van der Waals surface area contributed by atoms with E-state index < -0.39 is 17.7 Å². The highest BCUT2D eigenvalue weighted by Gasteiger charge is 2.46. The minimum Gasteiger partial charge on any atom is -0.507 e. The largest absolute Gasteiger partial charge is 0.507 e. The lowest BCUT2D eigenvalue weighted by Gasteiger charge is -2.25. The highest BCUT2D eigenvalue weighted by Crippen LogP contribution is 2.42. The quantitative estimate of drug-likeness (QED) is 0.301. The summed E-state index contributed by atoms with van der Waals surface area (Å²) in [7, 11) is 0. The first-order valence-corrected chi connectivity index (χ1v) is 11.3. The number of ether oxygens (including phenoxy) is 1. The van der Waals surface area contributed by atoms with Gasteiger partial charge < -0.3 is 15.2 Å². The van der Waals surface area contributed by atoms with Crippen molar-refractivity contribution in [2.45, 2.75) is 26.8 Å². The van der Waals surface area contributed by atoms with E-state index in [4.69, 9.17) is 4.74 Å². The molecule has 4 rings (SSSR count). The molecule has 1 fully saturated rings. The molecule has 1 atom stereocenters. The second-order valence-corrected chi connectivity index (χ2v) is 8.22. The Labute approximate surface area is 203 Å². The zero-order valence-electron chi connectivity index (χ0n) is 19.7. The molecule has 1 unspecified atom stereocenters. The molecule has 0 saturated carbocycles. The van der Waals surface area contributed by atoms with Gasteiger partial charge in [-0.1, -0.05) is 30.3 Å². The molecule has 1 aliphatic rings. The summed E-state index contributed by atoms with van der Waals surface area (Å²) in [6, 6.07) is 20.1. The van der Waals surface area contributed by atoms with Gasteiger partial charge in [0.1, 0.15) is 11.5 Å². The fourth-order valence-corrected chi connectivity index (χ4v) is 4.23. The summed E-state index contributed by atoms with van der Waals surface area (Å²) in [4.78, 5) is 39.2. The van der Waals surface area contributed by atoms with Crippen LogP contribution in [0.25, 0.3) is 5.76 Å². The number of nitrogens with zero attached hydrogens (tertiary/aromatic N) is 1. The van der Waals surface area contributed by atoms with E-state index in [2.05, 4.69) is 5.32 Å². The van der Waals surface area contributed by atoms with Gasteiger partial charge in [0.15, 0.2) is 0 Å². The van der Waals surface area contributed by atoms with Crippen LogP contribution in [0, 0.1) is 6.92 Å². The number of Topliss-reactive ketones (excluding diaryl/α,β-unsaturated/α-hetero) is 1. The van der Waals surface area contributed by atoms with Crippen LogP contribution in [-0.2, 0) is 14.4 Å². The first-order chi connectivity index (χ1) is 16.8. The Bertz CT molecular complexity index is 1310. The third-order valence-corrected chi connectivity index (χ3v) is 5.77. The maximum absolute atomic E-state index is 13.3. The van der Waals surface area contributed by atoms with Crippen molar-refractivity contribution >= 4 is 34.7 Å². The van der Waals surface area contributed by atoms with Gasteiger partial charge in [0, 0.05) is 23.9 Å². The van der Waals surface area contributed by atoms with Crippen molar-refractivity contribution in [3.05, 3.63) is 95.1 Å². The van der Waals surface area contributed by atoms with E-state index in [1.54, 1.807) is 42.5 Å². The molecular formula is C28H26N2O5. The average Bonchev–Trinajstić information content (AvgIpc) is 3.11. The maximum atomic E-state index is 13.3. The summed E-state index contributed by atoms with van der Waals surface area (Å²) >= 11 is 0. The molecule has 7 heteroatoms. The molecule has 2 N–H and O–H groups in total. The third kappa shape index (κ3) is 4.66. The average molecular weight is 471 g/mol. The molecule has 0 aliphatic carbocycles. The van der Waals surface area contributed by atoms with E-state index >= 15 is 0 Å². The molecule has 0 radical (unpaired) electrons. The fraction of sp³-hybridized carbons (Fsp3) is 0.179. The number of carbonyl (C=O) groups is 3. The normalized spacial score (nSPS) is 16.9. The van der Waals surface area contributed by atoms with Gasteiger partial charge >= 0.3 is 0 Å². The van der Waals surface area contributed by atoms with Crippen LogP contribution in [0.15, 0.2) is 78.4 Å². The van der Waals surface area contributed by atoms with Crippen LogP contribution in [0.4, 0.5) is 11.4 Å². The van der Waals surface area contributed by atoms with Gasteiger partial charge in [0.2, 0.25) is 5.91 Å². The Morgan fingerprint density at radius 3 is 2.31 bits per heavy atom. The molecule has 0 spiro atoms. The van der Waals surface area contributed by atoms with Crippen LogP contribution < -0.4 is 15.0 Å². The van der Waals surface area contributed by atoms with Gasteiger partial charge in [0.05, 0.1) is 18.2 Å². The van der Waals surface area contributed by atoms with Crippen LogP contribution in [0.1, 0.15) is 36.6 Å². The van der Waals surface area contributed by atoms with Crippen molar-refractivity contribution in [1.29, 1.82) is 0 Å². The number of nitrogens with one attached hydrogen (secondary N) is 1. The first kappa shape index (κ1) is 23.8. The number of amides is 2. The highest BCUT2D eigenvalue weighted by molar-refractivity contribution is 6.51. The number of hydrogen-bond donors (Lipinski definition) is 2. The van der Waals surface area contributed by atoms with Gasteiger partial charge in [-0.15, -0.1) is 0 Å². The zero-order chi connectivity index (χ0) is 25.1. The summed E-state index contributed by atoms with van der Waals surface area (Å²) < 4.78 is 5.58. The minimum absolute atomic E-state index is 0.00990. The molecule has 3 aromatic carbocycles. The Morgan fingerprint density at radius 2 is 1.71 bits per heavy atom. The first-order valence-electron chi connectivity index (χ1n) is 11.3. The predicted molar refractivity (Wildman–Crippen MR) is 134 cm³/mol. The van der Waals surface area contributed by atoms with E-state index in [1.807, 2.05) is 44.2 Å². The maximum Gasteiger partial charge on any atom is 0.300 e. The molecular weight excluding hydrogens is 444 g/mol. The monoisotopic (exact) mass is 470 g/mol. The van der Waals surface area contributed by atoms with Gasteiger partial charge in [-0.25, -0.2) is 0 Å². The van der Waals surface area contributed by atoms with Crippen molar-refractivity contribution in [3.63, 3.8) is 0 Å². The summed E-state index contributed by atoms with van der Waals surface area (Å²) in [6.07, 6.45) is 0. The molecule has 1 saturated heterocycles. The van der Waals surface area contributed by atoms with Crippen molar-refractivity contribution in [2.24, 2.45) is 0 Å². The number of benzene rings is 3. The highest BCUT2D eigenvalue weighted by atomic mass is 16.5. The van der Waals surface area contributed by atoms with Gasteiger partial charge in [-0.3, -0.25) is 19.3 Å². The molecule has 1 aliphatic heterocycles. The van der Waals surface area contributed by atoms with Crippen LogP contribution in [0.5, 0.6) is 5.75 Å². The number of ketones is 1. The number of aryl methyl sites for hydroxylation is 1.